The van der Waals surface area contributed by atoms with Crippen molar-refractivity contribution in [3.63, 3.8) is 0 Å². The molecule has 0 spiro atoms. The molecule has 2 aliphatic rings. The van der Waals surface area contributed by atoms with E-state index in [1.807, 2.05) is 0 Å². The third-order valence-corrected chi connectivity index (χ3v) is 9.17. The van der Waals surface area contributed by atoms with E-state index >= 15 is 0 Å². The number of nitrogen functional groups attached to an aromatic ring is 1. The lowest BCUT2D eigenvalue weighted by Crippen LogP contribution is -2.26. The summed E-state index contributed by atoms with van der Waals surface area (Å²) in [6, 6.07) is 13.8. The molecule has 2 heterocycles. The van der Waals surface area contributed by atoms with Gasteiger partial charge in [-0.15, -0.1) is 0 Å². The second kappa shape index (κ2) is 10.8. The lowest BCUT2D eigenvalue weighted by molar-refractivity contribution is -0.0494. The van der Waals surface area contributed by atoms with Gasteiger partial charge in [-0.2, -0.15) is 13.9 Å². The number of benzene rings is 3. The highest BCUT2D eigenvalue weighted by molar-refractivity contribution is 7.93. The molecule has 222 valence electrons. The summed E-state index contributed by atoms with van der Waals surface area (Å²) in [5.41, 5.74) is 9.18. The second-order valence-corrected chi connectivity index (χ2v) is 12.2. The number of fused-ring (bicyclic) bond motifs is 1. The topological polar surface area (TPSA) is 117 Å². The Morgan fingerprint density at radius 2 is 1.86 bits per heavy atom. The molecule has 0 radical (unpaired) electrons. The highest BCUT2D eigenvalue weighted by Crippen LogP contribution is 2.41. The first-order valence-corrected chi connectivity index (χ1v) is 14.9. The summed E-state index contributed by atoms with van der Waals surface area (Å²) in [6.07, 6.45) is 3.39. The Labute approximate surface area is 245 Å². The van der Waals surface area contributed by atoms with Crippen LogP contribution in [0.2, 0.25) is 0 Å². The minimum atomic E-state index is -3.67. The van der Waals surface area contributed by atoms with Gasteiger partial charge < -0.3 is 15.2 Å². The van der Waals surface area contributed by atoms with E-state index in [1.54, 1.807) is 43.3 Å². The van der Waals surface area contributed by atoms with Crippen molar-refractivity contribution in [3.8, 4) is 22.9 Å². The van der Waals surface area contributed by atoms with E-state index in [-0.39, 0.29) is 47.3 Å². The molecular formula is C30H25F3N4O5S. The van der Waals surface area contributed by atoms with E-state index < -0.39 is 28.2 Å². The maximum atomic E-state index is 14.0. The van der Waals surface area contributed by atoms with Crippen LogP contribution >= 0.6 is 0 Å². The summed E-state index contributed by atoms with van der Waals surface area (Å²) in [6.45, 7) is -1.23. The molecule has 1 aliphatic carbocycles. The van der Waals surface area contributed by atoms with E-state index in [2.05, 4.69) is 9.84 Å². The summed E-state index contributed by atoms with van der Waals surface area (Å²) in [5, 5.41) is 4.31. The molecule has 0 atom stereocenters. The van der Waals surface area contributed by atoms with Crippen molar-refractivity contribution < 1.29 is 35.9 Å². The lowest BCUT2D eigenvalue weighted by Gasteiger charge is -2.21. The molecule has 0 unspecified atom stereocenters. The monoisotopic (exact) mass is 610 g/mol. The zero-order valence-electron chi connectivity index (χ0n) is 22.8. The van der Waals surface area contributed by atoms with E-state index in [9.17, 15) is 26.4 Å². The lowest BCUT2D eigenvalue weighted by atomic mass is 10.0. The van der Waals surface area contributed by atoms with Gasteiger partial charge in [-0.05, 0) is 78.6 Å². The normalized spacial score (nSPS) is 15.5. The molecule has 1 saturated heterocycles. The number of ketones is 1. The second-order valence-electron chi connectivity index (χ2n) is 10.2. The maximum absolute atomic E-state index is 14.0. The number of halogens is 3. The SMILES string of the molecule is Cc1cc(Oc2ccccc2F)ccc1-n1ncc(C(=O)C2=Cc3cc(OC(F)F)c(N4CCCS4(=O)=O)cc3C2)c1N. The molecule has 2 N–H and O–H groups in total. The standard InChI is InChI=1S/C30H25F3N4O5S/c1-17-11-21(41-26-6-3-2-5-23(26)31)7-8-24(17)37-29(34)22(16-35-37)28(38)20-12-18-14-25(36-9-4-10-43(36,39)40)27(42-30(32)33)15-19(18)13-20/h2-3,5-8,11,13-16,30H,4,9-10,12,34H2,1H3. The highest BCUT2D eigenvalue weighted by Gasteiger charge is 2.33. The van der Waals surface area contributed by atoms with E-state index in [0.717, 1.165) is 4.31 Å². The molecule has 13 heteroatoms. The molecule has 1 fully saturated rings. The van der Waals surface area contributed by atoms with Gasteiger partial charge in [0.05, 0.1) is 28.9 Å². The Morgan fingerprint density at radius 3 is 2.56 bits per heavy atom. The third-order valence-electron chi connectivity index (χ3n) is 7.32. The number of nitrogens with two attached hydrogens (primary N) is 1. The first-order valence-electron chi connectivity index (χ1n) is 13.3. The summed E-state index contributed by atoms with van der Waals surface area (Å²) in [7, 11) is -3.67. The number of hydrogen-bond acceptors (Lipinski definition) is 7. The summed E-state index contributed by atoms with van der Waals surface area (Å²) >= 11 is 0. The number of hydrogen-bond donors (Lipinski definition) is 1. The van der Waals surface area contributed by atoms with Gasteiger partial charge in [-0.25, -0.2) is 17.5 Å². The zero-order chi connectivity index (χ0) is 30.5. The van der Waals surface area contributed by atoms with E-state index in [0.29, 0.717) is 40.1 Å². The van der Waals surface area contributed by atoms with E-state index in [4.69, 9.17) is 10.5 Å². The number of allylic oxidation sites excluding steroid dienone is 1. The van der Waals surface area contributed by atoms with Gasteiger partial charge >= 0.3 is 6.61 Å². The number of Topliss-reactive ketones (excluding diaryl/α,β-unsaturated/α-hetero) is 1. The number of rotatable bonds is 8. The van der Waals surface area contributed by atoms with Gasteiger partial charge in [0.1, 0.15) is 11.6 Å². The number of anilines is 2. The van der Waals surface area contributed by atoms with Gasteiger partial charge in [-0.3, -0.25) is 9.10 Å². The fourth-order valence-electron chi connectivity index (χ4n) is 5.28. The van der Waals surface area contributed by atoms with Crippen molar-refractivity contribution in [1.82, 2.24) is 9.78 Å². The molecule has 0 bridgehead atoms. The van der Waals surface area contributed by atoms with Crippen molar-refractivity contribution in [1.29, 1.82) is 0 Å². The predicted molar refractivity (Wildman–Crippen MR) is 154 cm³/mol. The molecule has 43 heavy (non-hydrogen) atoms. The van der Waals surface area contributed by atoms with Crippen LogP contribution in [0.4, 0.5) is 24.7 Å². The number of sulfonamides is 1. The van der Waals surface area contributed by atoms with Crippen LogP contribution < -0.4 is 19.5 Å². The summed E-state index contributed by atoms with van der Waals surface area (Å²) in [4.78, 5) is 13.5. The fraction of sp³-hybridized carbons (Fsp3) is 0.200. The van der Waals surface area contributed by atoms with Gasteiger partial charge in [0.25, 0.3) is 0 Å². The Kier molecular flexibility index (Phi) is 7.12. The number of carbonyl (C=O) groups is 1. The third kappa shape index (κ3) is 5.31. The minimum absolute atomic E-state index is 0.0175. The van der Waals surface area contributed by atoms with Crippen LogP contribution in [0.1, 0.15) is 33.5 Å². The molecule has 0 amide bonds. The number of para-hydroxylation sites is 1. The van der Waals surface area contributed by atoms with Crippen molar-refractivity contribution >= 4 is 33.4 Å². The number of aromatic nitrogens is 2. The largest absolute Gasteiger partial charge is 0.454 e. The molecule has 1 aliphatic heterocycles. The van der Waals surface area contributed by atoms with Crippen LogP contribution in [-0.4, -0.2) is 42.9 Å². The molecule has 0 saturated carbocycles. The molecule has 6 rings (SSSR count). The first kappa shape index (κ1) is 28.3. The Bertz CT molecular complexity index is 1910. The molecule has 4 aromatic rings. The minimum Gasteiger partial charge on any atom is -0.454 e. The van der Waals surface area contributed by atoms with Gasteiger partial charge in [0.2, 0.25) is 10.0 Å². The highest BCUT2D eigenvalue weighted by atomic mass is 32.2. The number of nitrogens with zero attached hydrogens (tertiary/aromatic N) is 3. The van der Waals surface area contributed by atoms with Crippen LogP contribution in [0.15, 0.2) is 66.4 Å². The fourth-order valence-corrected chi connectivity index (χ4v) is 6.85. The van der Waals surface area contributed by atoms with Gasteiger partial charge in [0, 0.05) is 18.5 Å². The van der Waals surface area contributed by atoms with Crippen LogP contribution in [-0.2, 0) is 16.4 Å². The number of alkyl halides is 2. The quantitative estimate of drug-likeness (QED) is 0.256. The zero-order valence-corrected chi connectivity index (χ0v) is 23.6. The average molecular weight is 611 g/mol. The van der Waals surface area contributed by atoms with Crippen LogP contribution in [0.5, 0.6) is 17.2 Å². The molecule has 9 nitrogen and oxygen atoms in total. The summed E-state index contributed by atoms with van der Waals surface area (Å²) in [5.74, 6) is -0.726. The average Bonchev–Trinajstić information content (AvgIpc) is 3.64. The van der Waals surface area contributed by atoms with Crippen molar-refractivity contribution in [2.24, 2.45) is 0 Å². The molecule has 1 aromatic heterocycles. The van der Waals surface area contributed by atoms with Crippen LogP contribution in [0, 0.1) is 12.7 Å². The number of aryl methyl sites for hydroxylation is 1. The Balaban J connectivity index is 1.26. The van der Waals surface area contributed by atoms with Crippen LogP contribution in [0.25, 0.3) is 11.8 Å². The van der Waals surface area contributed by atoms with Crippen molar-refractivity contribution in [2.75, 3.05) is 22.3 Å². The Morgan fingerprint density at radius 1 is 1.07 bits per heavy atom. The smallest absolute Gasteiger partial charge is 0.387 e. The molecular weight excluding hydrogens is 585 g/mol. The maximum Gasteiger partial charge on any atom is 0.387 e. The predicted octanol–water partition coefficient (Wildman–Crippen LogP) is 5.66. The van der Waals surface area contributed by atoms with Gasteiger partial charge in [0.15, 0.2) is 23.1 Å². The van der Waals surface area contributed by atoms with Crippen molar-refractivity contribution in [3.05, 3.63) is 94.4 Å². The van der Waals surface area contributed by atoms with Crippen LogP contribution in [0.3, 0.4) is 0 Å². The Hall–Kier alpha value is -4.78. The number of ether oxygens (including phenoxy) is 2. The summed E-state index contributed by atoms with van der Waals surface area (Å²) < 4.78 is 78.3. The van der Waals surface area contributed by atoms with E-state index in [1.165, 1.54) is 35.1 Å². The molecule has 3 aromatic carbocycles. The van der Waals surface area contributed by atoms with Crippen molar-refractivity contribution in [2.45, 2.75) is 26.4 Å². The number of carbonyl (C=O) groups excluding carboxylic acids is 1. The first-order chi connectivity index (χ1) is 20.5. The van der Waals surface area contributed by atoms with Gasteiger partial charge in [-0.1, -0.05) is 12.1 Å².